The number of benzene rings is 1. The summed E-state index contributed by atoms with van der Waals surface area (Å²) in [5.41, 5.74) is 2.90. The molecule has 0 unspecified atom stereocenters. The lowest BCUT2D eigenvalue weighted by molar-refractivity contribution is -0.384. The Balaban J connectivity index is 2.08. The van der Waals surface area contributed by atoms with Crippen molar-refractivity contribution in [3.05, 3.63) is 71.9 Å². The van der Waals surface area contributed by atoms with Crippen LogP contribution in [0.5, 0.6) is 0 Å². The zero-order chi connectivity index (χ0) is 22.0. The highest BCUT2D eigenvalue weighted by Crippen LogP contribution is 2.18. The number of hydrogen-bond acceptors (Lipinski definition) is 7. The summed E-state index contributed by atoms with van der Waals surface area (Å²) in [4.78, 5) is 41.3. The Morgan fingerprint density at radius 3 is 2.80 bits per heavy atom. The van der Waals surface area contributed by atoms with Gasteiger partial charge in [-0.05, 0) is 13.8 Å². The fraction of sp³-hybridized carbons (Fsp3) is 0.222. The molecule has 0 aliphatic heterocycles. The number of aromatic nitrogens is 4. The maximum atomic E-state index is 12.4. The second-order valence-electron chi connectivity index (χ2n) is 6.44. The molecular formula is C18H18ClN7O4. The van der Waals surface area contributed by atoms with Gasteiger partial charge in [-0.25, -0.2) is 10.2 Å². The zero-order valence-corrected chi connectivity index (χ0v) is 17.1. The zero-order valence-electron chi connectivity index (χ0n) is 16.3. The van der Waals surface area contributed by atoms with Crippen molar-refractivity contribution < 1.29 is 4.92 Å². The number of fused-ring (bicyclic) bond motifs is 1. The van der Waals surface area contributed by atoms with Gasteiger partial charge in [0.25, 0.3) is 11.2 Å². The molecule has 156 valence electrons. The molecule has 3 rings (SSSR count). The van der Waals surface area contributed by atoms with Gasteiger partial charge >= 0.3 is 5.69 Å². The molecule has 0 saturated carbocycles. The van der Waals surface area contributed by atoms with Gasteiger partial charge in [-0.15, -0.1) is 0 Å². The number of H-pyrrole nitrogens is 1. The van der Waals surface area contributed by atoms with Crippen LogP contribution in [0, 0.1) is 10.1 Å². The quantitative estimate of drug-likeness (QED) is 0.348. The number of hydrazone groups is 1. The van der Waals surface area contributed by atoms with Crippen molar-refractivity contribution in [1.82, 2.24) is 19.1 Å². The van der Waals surface area contributed by atoms with E-state index in [0.29, 0.717) is 16.3 Å². The van der Waals surface area contributed by atoms with Crippen molar-refractivity contribution in [2.24, 2.45) is 12.1 Å². The molecule has 11 nitrogen and oxygen atoms in total. The minimum atomic E-state index is -0.593. The second kappa shape index (κ2) is 8.33. The largest absolute Gasteiger partial charge is 0.329 e. The molecule has 3 aromatic rings. The molecule has 2 N–H and O–H groups in total. The van der Waals surface area contributed by atoms with Gasteiger partial charge in [0.05, 0.1) is 10.6 Å². The van der Waals surface area contributed by atoms with E-state index in [1.54, 1.807) is 32.1 Å². The molecule has 0 amide bonds. The minimum absolute atomic E-state index is 0.0569. The van der Waals surface area contributed by atoms with Gasteiger partial charge in [-0.2, -0.15) is 10.1 Å². The van der Waals surface area contributed by atoms with Crippen LogP contribution in [-0.4, -0.2) is 29.7 Å². The summed E-state index contributed by atoms with van der Waals surface area (Å²) in [5.74, 6) is 0.204. The third-order valence-electron chi connectivity index (χ3n) is 4.36. The first-order chi connectivity index (χ1) is 14.2. The normalized spacial score (nSPS) is 12.4. The molecule has 30 heavy (non-hydrogen) atoms. The van der Waals surface area contributed by atoms with Gasteiger partial charge in [0.2, 0.25) is 5.95 Å². The average Bonchev–Trinajstić information content (AvgIpc) is 3.08. The number of hydrogen-bond donors (Lipinski definition) is 2. The number of nitrogens with one attached hydrogen (secondary N) is 2. The van der Waals surface area contributed by atoms with Gasteiger partial charge in [0.1, 0.15) is 0 Å². The van der Waals surface area contributed by atoms with E-state index < -0.39 is 16.2 Å². The number of halogens is 1. The predicted molar refractivity (Wildman–Crippen MR) is 114 cm³/mol. The number of non-ortho nitro benzene ring substituents is 1. The molecule has 1 aromatic carbocycles. The number of nitrogens with zero attached hydrogens (tertiary/aromatic N) is 5. The van der Waals surface area contributed by atoms with Crippen LogP contribution >= 0.6 is 11.6 Å². The van der Waals surface area contributed by atoms with Crippen LogP contribution in [0.25, 0.3) is 11.2 Å². The van der Waals surface area contributed by atoms with Crippen LogP contribution < -0.4 is 16.7 Å². The van der Waals surface area contributed by atoms with Crippen molar-refractivity contribution in [1.29, 1.82) is 0 Å². The molecule has 0 saturated heterocycles. The van der Waals surface area contributed by atoms with E-state index in [4.69, 9.17) is 11.6 Å². The maximum Gasteiger partial charge on any atom is 0.329 e. The van der Waals surface area contributed by atoms with Gasteiger partial charge in [-0.1, -0.05) is 29.8 Å². The van der Waals surface area contributed by atoms with Gasteiger partial charge in [0, 0.05) is 36.3 Å². The van der Waals surface area contributed by atoms with Crippen molar-refractivity contribution in [3.8, 4) is 0 Å². The van der Waals surface area contributed by atoms with Crippen LogP contribution in [0.4, 0.5) is 11.6 Å². The van der Waals surface area contributed by atoms with E-state index >= 15 is 0 Å². The van der Waals surface area contributed by atoms with Crippen molar-refractivity contribution in [2.75, 3.05) is 5.43 Å². The number of nitro groups is 1. The number of imidazole rings is 1. The number of allylic oxidation sites excluding steroid dienone is 2. The van der Waals surface area contributed by atoms with E-state index in [1.165, 1.54) is 28.3 Å². The molecule has 12 heteroatoms. The summed E-state index contributed by atoms with van der Waals surface area (Å²) in [6, 6.07) is 6.03. The van der Waals surface area contributed by atoms with Crippen molar-refractivity contribution >= 4 is 40.1 Å². The van der Waals surface area contributed by atoms with E-state index in [2.05, 4.69) is 20.5 Å². The monoisotopic (exact) mass is 431 g/mol. The molecule has 2 aromatic heterocycles. The van der Waals surface area contributed by atoms with Gasteiger partial charge < -0.3 is 0 Å². The van der Waals surface area contributed by atoms with Crippen LogP contribution in [0.15, 0.2) is 50.1 Å². The Kier molecular flexibility index (Phi) is 5.83. The van der Waals surface area contributed by atoms with Crippen LogP contribution in [0.3, 0.4) is 0 Å². The van der Waals surface area contributed by atoms with E-state index in [1.807, 2.05) is 0 Å². The van der Waals surface area contributed by atoms with Crippen LogP contribution in [0.1, 0.15) is 19.4 Å². The first-order valence-corrected chi connectivity index (χ1v) is 9.13. The summed E-state index contributed by atoms with van der Waals surface area (Å²) in [5, 5.41) is 15.7. The molecule has 0 spiro atoms. The van der Waals surface area contributed by atoms with Crippen molar-refractivity contribution in [3.63, 3.8) is 0 Å². The third-order valence-corrected chi connectivity index (χ3v) is 4.51. The van der Waals surface area contributed by atoms with Gasteiger partial charge in [0.15, 0.2) is 11.2 Å². The third kappa shape index (κ3) is 4.15. The summed E-state index contributed by atoms with van der Waals surface area (Å²) in [6.45, 7) is 3.57. The number of aromatic amines is 1. The number of aryl methyl sites for hydroxylation is 1. The maximum absolute atomic E-state index is 12.4. The number of anilines is 1. The highest BCUT2D eigenvalue weighted by molar-refractivity contribution is 6.29. The highest BCUT2D eigenvalue weighted by Gasteiger charge is 2.17. The summed E-state index contributed by atoms with van der Waals surface area (Å²) in [7, 11) is 1.49. The lowest BCUT2D eigenvalue weighted by atomic mass is 10.1. The Labute approximate surface area is 174 Å². The van der Waals surface area contributed by atoms with E-state index in [0.717, 1.165) is 0 Å². The summed E-state index contributed by atoms with van der Waals surface area (Å²) < 4.78 is 2.75. The average molecular weight is 432 g/mol. The van der Waals surface area contributed by atoms with Crippen molar-refractivity contribution in [2.45, 2.75) is 20.4 Å². The fourth-order valence-corrected chi connectivity index (χ4v) is 2.83. The topological polar surface area (TPSA) is 140 Å². The minimum Gasteiger partial charge on any atom is -0.299 e. The first kappa shape index (κ1) is 21.0. The molecule has 2 heterocycles. The smallest absolute Gasteiger partial charge is 0.299 e. The number of nitro benzene ring substituents is 1. The highest BCUT2D eigenvalue weighted by atomic mass is 35.5. The SMILES string of the molecule is C/C(Cl)=C/Cn1c(N/N=C(/C)c2cccc([N+](=O)[O-])c2)nc2c1c(=O)[nH]c(=O)n2C. The van der Waals surface area contributed by atoms with Crippen LogP contribution in [-0.2, 0) is 13.6 Å². The number of rotatable bonds is 6. The summed E-state index contributed by atoms with van der Waals surface area (Å²) >= 11 is 5.93. The lowest BCUT2D eigenvalue weighted by Crippen LogP contribution is -2.29. The van der Waals surface area contributed by atoms with Crippen LogP contribution in [0.2, 0.25) is 0 Å². The lowest BCUT2D eigenvalue weighted by Gasteiger charge is -2.07. The molecular weight excluding hydrogens is 414 g/mol. The fourth-order valence-electron chi connectivity index (χ4n) is 2.76. The molecule has 0 aliphatic carbocycles. The van der Waals surface area contributed by atoms with E-state index in [9.17, 15) is 19.7 Å². The Morgan fingerprint density at radius 1 is 1.40 bits per heavy atom. The Bertz CT molecular complexity index is 1310. The second-order valence-corrected chi connectivity index (χ2v) is 7.04. The Hall–Kier alpha value is -3.73. The molecule has 0 bridgehead atoms. The molecule has 0 aliphatic rings. The molecule has 0 atom stereocenters. The standard InChI is InChI=1S/C18H18ClN7O4/c1-10(19)7-8-25-14-15(24(3)18(28)21-16(14)27)20-17(25)23-22-11(2)12-5-4-6-13(9-12)26(29)30/h4-7,9H,8H2,1-3H3,(H,20,23)(H,21,27,28)/b10-7-,22-11-. The van der Waals surface area contributed by atoms with Gasteiger partial charge in [-0.3, -0.25) is 29.0 Å². The summed E-state index contributed by atoms with van der Waals surface area (Å²) in [6.07, 6.45) is 1.68. The Morgan fingerprint density at radius 2 is 2.13 bits per heavy atom. The molecule has 0 radical (unpaired) electrons. The molecule has 0 fully saturated rings. The van der Waals surface area contributed by atoms with E-state index in [-0.39, 0.29) is 29.3 Å². The predicted octanol–water partition coefficient (Wildman–Crippen LogP) is 2.31. The first-order valence-electron chi connectivity index (χ1n) is 8.76.